The molecule has 19 heteroatoms. The Bertz CT molecular complexity index is 3980. The summed E-state index contributed by atoms with van der Waals surface area (Å²) in [5.74, 6) is 3.80. The van der Waals surface area contributed by atoms with Crippen LogP contribution in [0.4, 0.5) is 0 Å². The number of nitrogens with zero attached hydrogens (tertiary/aromatic N) is 8. The van der Waals surface area contributed by atoms with Crippen LogP contribution in [0.25, 0.3) is 56.0 Å². The molecule has 0 aliphatic carbocycles. The Kier molecular flexibility index (Phi) is 20.2. The molecular formula is C70H90N10O7S2. The summed E-state index contributed by atoms with van der Waals surface area (Å²) in [5, 5.41) is 57.5. The number of aromatic hydroxyl groups is 4. The number of thiol groups is 1. The number of thioether (sulfide) groups is 1. The monoisotopic (exact) mass is 1250 g/mol. The molecular weight excluding hydrogens is 1160 g/mol. The highest BCUT2D eigenvalue weighted by molar-refractivity contribution is 7.99. The summed E-state index contributed by atoms with van der Waals surface area (Å²) in [7, 11) is 1.71. The van der Waals surface area contributed by atoms with Gasteiger partial charge in [-0.1, -0.05) is 67.5 Å². The zero-order chi connectivity index (χ0) is 63.3. The number of H-pyrrole nitrogens is 2. The van der Waals surface area contributed by atoms with Crippen molar-refractivity contribution in [3.63, 3.8) is 0 Å². The number of hydrogen-bond acceptors (Lipinski definition) is 13. The van der Waals surface area contributed by atoms with E-state index in [9.17, 15) is 30.0 Å². The molecule has 0 radical (unpaired) electrons. The molecule has 2 aliphatic heterocycles. The number of methoxy groups -OCH3 is 1. The molecule has 5 aromatic carbocycles. The Balaban J connectivity index is 0.000000200. The third-order valence-corrected chi connectivity index (χ3v) is 19.9. The summed E-state index contributed by atoms with van der Waals surface area (Å²) < 4.78 is 13.2. The maximum absolute atomic E-state index is 12.9. The van der Waals surface area contributed by atoms with E-state index in [2.05, 4.69) is 122 Å². The zero-order valence-corrected chi connectivity index (χ0v) is 54.9. The van der Waals surface area contributed by atoms with Crippen LogP contribution in [0.15, 0.2) is 119 Å². The van der Waals surface area contributed by atoms with Gasteiger partial charge in [-0.25, -0.2) is 28.9 Å². The van der Waals surface area contributed by atoms with Gasteiger partial charge in [-0.05, 0) is 204 Å². The summed E-state index contributed by atoms with van der Waals surface area (Å²) >= 11 is 6.70. The van der Waals surface area contributed by atoms with E-state index in [0.29, 0.717) is 51.2 Å². The molecule has 2 saturated heterocycles. The fraction of sp³-hybridized carbons (Fsp3) is 0.457. The standard InChI is InChI=1S/C39H49N5O4S.C31H41N5O3S/c1-26(2)32-23-33(36(46)24-35(32)45)37-40-41-38(47)44(37)30-8-11-34-29(22-30)15-20-43(34)19-14-27-12-17-42(18-13-27)21-16-39(3,4)49-25-28-6-9-31(48-5)10-7-28;1-20(2)24-18-25(28(38)19-27(24)37)29-32-33-30(39)36(29)23-5-6-26-22(17-23)10-15-35(26)14-9-21-7-12-34(13-8-21)16-11-31(3,4)40/h6-11,15,20,22-24,26-27,45-46H,12-14,16-19,21,25H2,1-5H3,(H,41,47);5-6,10,15,17-21,37-38,40H,7-9,11-14,16H2,1-4H3,(H,33,39). The van der Waals surface area contributed by atoms with E-state index in [1.807, 2.05) is 81.9 Å². The van der Waals surface area contributed by atoms with E-state index in [-0.39, 0.29) is 44.3 Å². The summed E-state index contributed by atoms with van der Waals surface area (Å²) in [6, 6.07) is 30.5. The smallest absolute Gasteiger partial charge is 0.348 e. The number of benzene rings is 5. The maximum Gasteiger partial charge on any atom is 0.348 e. The Hall–Kier alpha value is -7.32. The van der Waals surface area contributed by atoms with E-state index in [0.717, 1.165) is 97.8 Å². The Morgan fingerprint density at radius 1 is 0.584 bits per heavy atom. The molecule has 0 bridgehead atoms. The lowest BCUT2D eigenvalue weighted by atomic mass is 9.93. The first-order valence-corrected chi connectivity index (χ1v) is 33.0. The third kappa shape index (κ3) is 15.6. The lowest BCUT2D eigenvalue weighted by Gasteiger charge is -2.34. The van der Waals surface area contributed by atoms with Gasteiger partial charge in [-0.3, -0.25) is 0 Å². The molecule has 6 N–H and O–H groups in total. The van der Waals surface area contributed by atoms with Gasteiger partial charge in [0.25, 0.3) is 0 Å². The SMILES string of the molecule is CC(C)c1cc(-c2n[nH]c(=O)n2-c2ccc3c(ccn3CCC3CCN(CCC(C)(C)S)CC3)c2)c(O)cc1O.COc1ccc(CSC(C)(C)CCN2CCC(CCn3ccc4cc(-n5c(-c6cc(C(C)C)c(O)cc6O)n[nH]c5=O)ccc43)CC2)cc1. The van der Waals surface area contributed by atoms with Crippen molar-refractivity contribution in [2.75, 3.05) is 46.4 Å². The molecule has 4 aromatic heterocycles. The second kappa shape index (κ2) is 27.8. The normalized spacial score (nSPS) is 15.0. The van der Waals surface area contributed by atoms with Gasteiger partial charge in [0.2, 0.25) is 0 Å². The minimum absolute atomic E-state index is 0.0183. The zero-order valence-electron chi connectivity index (χ0n) is 53.2. The molecule has 89 heavy (non-hydrogen) atoms. The Morgan fingerprint density at radius 2 is 1.02 bits per heavy atom. The van der Waals surface area contributed by atoms with Gasteiger partial charge in [0.05, 0.1) is 29.6 Å². The number of likely N-dealkylation sites (tertiary alicyclic amines) is 2. The number of fused-ring (bicyclic) bond motifs is 2. The van der Waals surface area contributed by atoms with Crippen LogP contribution in [0, 0.1) is 11.8 Å². The molecule has 17 nitrogen and oxygen atoms in total. The molecule has 0 spiro atoms. The van der Waals surface area contributed by atoms with Crippen LogP contribution in [0.3, 0.4) is 0 Å². The molecule has 6 heterocycles. The highest BCUT2D eigenvalue weighted by atomic mass is 32.2. The number of hydrogen-bond donors (Lipinski definition) is 7. The quantitative estimate of drug-likeness (QED) is 0.0316. The van der Waals surface area contributed by atoms with Gasteiger partial charge in [-0.2, -0.15) is 34.6 Å². The fourth-order valence-corrected chi connectivity index (χ4v) is 13.6. The molecule has 0 atom stereocenters. The predicted octanol–water partition coefficient (Wildman–Crippen LogP) is 13.8. The first-order valence-electron chi connectivity index (χ1n) is 31.6. The number of ether oxygens (including phenoxy) is 1. The van der Waals surface area contributed by atoms with Crippen LogP contribution >= 0.6 is 24.4 Å². The van der Waals surface area contributed by atoms with Crippen LogP contribution in [-0.4, -0.2) is 125 Å². The molecule has 9 aromatic rings. The molecule has 2 fully saturated rings. The first kappa shape index (κ1) is 64.7. The van der Waals surface area contributed by atoms with Gasteiger partial charge in [-0.15, -0.1) is 0 Å². The van der Waals surface area contributed by atoms with Gasteiger partial charge in [0.1, 0.15) is 28.7 Å². The highest BCUT2D eigenvalue weighted by Gasteiger charge is 2.27. The van der Waals surface area contributed by atoms with E-state index >= 15 is 0 Å². The number of aryl methyl sites for hydroxylation is 2. The number of rotatable bonds is 22. The van der Waals surface area contributed by atoms with Crippen LogP contribution in [-0.2, 0) is 18.8 Å². The topological polar surface area (TPSA) is 208 Å². The van der Waals surface area contributed by atoms with Crippen LogP contribution in [0.2, 0.25) is 0 Å². The summed E-state index contributed by atoms with van der Waals surface area (Å²) in [5.41, 5.74) is 6.25. The average molecular weight is 1250 g/mol. The molecule has 474 valence electrons. The number of aromatic nitrogens is 8. The van der Waals surface area contributed by atoms with Crippen LogP contribution in [0.1, 0.15) is 135 Å². The Labute approximate surface area is 532 Å². The Morgan fingerprint density at radius 3 is 1.44 bits per heavy atom. The molecule has 0 unspecified atom stereocenters. The highest BCUT2D eigenvalue weighted by Crippen LogP contribution is 2.40. The van der Waals surface area contributed by atoms with Gasteiger partial charge < -0.3 is 44.1 Å². The number of nitrogens with one attached hydrogen (secondary N) is 2. The van der Waals surface area contributed by atoms with Gasteiger partial charge in [0, 0.05) is 74.7 Å². The van der Waals surface area contributed by atoms with Crippen molar-refractivity contribution in [3.8, 4) is 62.9 Å². The molecule has 11 rings (SSSR count). The minimum Gasteiger partial charge on any atom is -0.508 e. The van der Waals surface area contributed by atoms with Crippen molar-refractivity contribution in [2.24, 2.45) is 11.8 Å². The van der Waals surface area contributed by atoms with Crippen molar-refractivity contribution in [1.82, 2.24) is 48.5 Å². The molecule has 2 aliphatic rings. The lowest BCUT2D eigenvalue weighted by molar-refractivity contribution is 0.171. The summed E-state index contributed by atoms with van der Waals surface area (Å²) in [6.07, 6.45) is 13.8. The number of phenols is 4. The molecule has 0 saturated carbocycles. The van der Waals surface area contributed by atoms with Crippen LogP contribution in [0.5, 0.6) is 28.7 Å². The predicted molar refractivity (Wildman–Crippen MR) is 363 cm³/mol. The van der Waals surface area contributed by atoms with Crippen molar-refractivity contribution in [1.29, 1.82) is 0 Å². The van der Waals surface area contributed by atoms with Gasteiger partial charge in [0.15, 0.2) is 11.6 Å². The summed E-state index contributed by atoms with van der Waals surface area (Å²) in [6.45, 7) is 25.8. The largest absolute Gasteiger partial charge is 0.508 e. The number of aromatic amines is 2. The van der Waals surface area contributed by atoms with E-state index in [1.54, 1.807) is 19.2 Å². The first-order chi connectivity index (χ1) is 42.5. The fourth-order valence-electron chi connectivity index (χ4n) is 12.5. The van der Waals surface area contributed by atoms with Crippen molar-refractivity contribution >= 4 is 46.2 Å². The number of phenolic OH excluding ortho intramolecular Hbond substituents is 4. The second-order valence-corrected chi connectivity index (χ2v) is 29.3. The van der Waals surface area contributed by atoms with Gasteiger partial charge >= 0.3 is 11.4 Å². The third-order valence-electron chi connectivity index (χ3n) is 18.2. The second-order valence-electron chi connectivity index (χ2n) is 26.4. The lowest BCUT2D eigenvalue weighted by Crippen LogP contribution is -2.36. The van der Waals surface area contributed by atoms with Crippen molar-refractivity contribution in [2.45, 2.75) is 147 Å². The average Bonchev–Trinajstić information content (AvgIpc) is 2.01. The maximum atomic E-state index is 12.9. The molecule has 0 amide bonds. The van der Waals surface area contributed by atoms with E-state index in [4.69, 9.17) is 4.74 Å². The van der Waals surface area contributed by atoms with Crippen molar-refractivity contribution < 1.29 is 25.2 Å². The van der Waals surface area contributed by atoms with Crippen LogP contribution < -0.4 is 16.1 Å². The summed E-state index contributed by atoms with van der Waals surface area (Å²) in [4.78, 5) is 31.0. The number of piperidine rings is 2. The van der Waals surface area contributed by atoms with E-state index in [1.165, 1.54) is 72.0 Å². The van der Waals surface area contributed by atoms with Crippen molar-refractivity contribution in [3.05, 3.63) is 147 Å². The minimum atomic E-state index is -0.394. The van der Waals surface area contributed by atoms with E-state index < -0.39 is 11.4 Å².